The van der Waals surface area contributed by atoms with E-state index in [0.29, 0.717) is 5.69 Å². The summed E-state index contributed by atoms with van der Waals surface area (Å²) in [5.74, 6) is 0.135. The fourth-order valence-corrected chi connectivity index (χ4v) is 1.41. The lowest BCUT2D eigenvalue weighted by molar-refractivity contribution is -0.137. The number of pyridine rings is 1. The lowest BCUT2D eigenvalue weighted by Crippen LogP contribution is -2.04. The third kappa shape index (κ3) is 3.06. The third-order valence-electron chi connectivity index (χ3n) is 2.40. The SMILES string of the molecule is Nc1cnc(Nc2ccc(C(F)(F)F)cc2)cc1O. The molecule has 2 rings (SSSR count). The van der Waals surface area contributed by atoms with E-state index in [2.05, 4.69) is 10.3 Å². The number of nitrogens with one attached hydrogen (secondary N) is 1. The van der Waals surface area contributed by atoms with Crippen molar-refractivity contribution in [2.75, 3.05) is 11.1 Å². The lowest BCUT2D eigenvalue weighted by Gasteiger charge is -2.09. The van der Waals surface area contributed by atoms with Crippen molar-refractivity contribution < 1.29 is 18.3 Å². The first-order valence-electron chi connectivity index (χ1n) is 5.25. The second-order valence-electron chi connectivity index (χ2n) is 3.83. The number of benzene rings is 1. The molecule has 0 bridgehead atoms. The number of rotatable bonds is 2. The van der Waals surface area contributed by atoms with Crippen molar-refractivity contribution in [2.45, 2.75) is 6.18 Å². The number of aromatic hydroxyl groups is 1. The van der Waals surface area contributed by atoms with E-state index in [0.717, 1.165) is 12.1 Å². The average Bonchev–Trinajstić information content (AvgIpc) is 2.33. The zero-order valence-corrected chi connectivity index (χ0v) is 9.57. The van der Waals surface area contributed by atoms with Gasteiger partial charge in [-0.15, -0.1) is 0 Å². The van der Waals surface area contributed by atoms with Gasteiger partial charge in [-0.05, 0) is 24.3 Å². The van der Waals surface area contributed by atoms with Crippen molar-refractivity contribution in [1.29, 1.82) is 0 Å². The Balaban J connectivity index is 2.17. The van der Waals surface area contributed by atoms with Crippen LogP contribution in [0.15, 0.2) is 36.5 Å². The molecule has 0 saturated heterocycles. The summed E-state index contributed by atoms with van der Waals surface area (Å²) in [6.07, 6.45) is -3.11. The number of nitrogens with zero attached hydrogens (tertiary/aromatic N) is 1. The topological polar surface area (TPSA) is 71.2 Å². The number of halogens is 3. The zero-order valence-electron chi connectivity index (χ0n) is 9.57. The van der Waals surface area contributed by atoms with E-state index in [4.69, 9.17) is 5.73 Å². The normalized spacial score (nSPS) is 11.3. The Bertz CT molecular complexity index is 582. The molecular formula is C12H10F3N3O. The molecule has 0 fully saturated rings. The van der Waals surface area contributed by atoms with Gasteiger partial charge in [0.15, 0.2) is 0 Å². The van der Waals surface area contributed by atoms with Gasteiger partial charge in [0.05, 0.1) is 17.4 Å². The summed E-state index contributed by atoms with van der Waals surface area (Å²) in [5, 5.41) is 12.1. The van der Waals surface area contributed by atoms with Crippen LogP contribution in [0.3, 0.4) is 0 Å². The fourth-order valence-electron chi connectivity index (χ4n) is 1.41. The number of aromatic nitrogens is 1. The molecule has 0 radical (unpaired) electrons. The van der Waals surface area contributed by atoms with Gasteiger partial charge in [-0.2, -0.15) is 13.2 Å². The molecule has 2 aromatic rings. The van der Waals surface area contributed by atoms with Crippen molar-refractivity contribution in [3.8, 4) is 5.75 Å². The van der Waals surface area contributed by atoms with Crippen molar-refractivity contribution >= 4 is 17.2 Å². The first-order chi connectivity index (χ1) is 8.86. The average molecular weight is 269 g/mol. The van der Waals surface area contributed by atoms with Gasteiger partial charge in [-0.1, -0.05) is 0 Å². The van der Waals surface area contributed by atoms with Crippen LogP contribution in [0.4, 0.5) is 30.4 Å². The van der Waals surface area contributed by atoms with Crippen molar-refractivity contribution in [2.24, 2.45) is 0 Å². The van der Waals surface area contributed by atoms with E-state index in [1.807, 2.05) is 0 Å². The van der Waals surface area contributed by atoms with E-state index in [-0.39, 0.29) is 17.3 Å². The highest BCUT2D eigenvalue weighted by molar-refractivity contribution is 5.62. The molecule has 1 aromatic heterocycles. The molecule has 100 valence electrons. The molecule has 0 aliphatic heterocycles. The molecule has 0 amide bonds. The Morgan fingerprint density at radius 1 is 1.16 bits per heavy atom. The van der Waals surface area contributed by atoms with Crippen LogP contribution in [0.1, 0.15) is 5.56 Å². The van der Waals surface area contributed by atoms with Gasteiger partial charge in [0.1, 0.15) is 11.6 Å². The number of nitrogens with two attached hydrogens (primary N) is 1. The standard InChI is InChI=1S/C12H10F3N3O/c13-12(14,15)7-1-3-8(4-2-7)18-11-5-10(19)9(16)6-17-11/h1-6H,16H2,(H2,17,18,19). The number of anilines is 3. The van der Waals surface area contributed by atoms with E-state index >= 15 is 0 Å². The number of hydrogen-bond donors (Lipinski definition) is 3. The summed E-state index contributed by atoms with van der Waals surface area (Å²) in [6, 6.07) is 5.75. The van der Waals surface area contributed by atoms with Crippen LogP contribution < -0.4 is 11.1 Å². The minimum atomic E-state index is -4.36. The zero-order chi connectivity index (χ0) is 14.0. The second kappa shape index (κ2) is 4.68. The Labute approximate surface area is 106 Å². The van der Waals surface area contributed by atoms with Crippen molar-refractivity contribution in [3.05, 3.63) is 42.1 Å². The van der Waals surface area contributed by atoms with Gasteiger partial charge >= 0.3 is 6.18 Å². The van der Waals surface area contributed by atoms with Gasteiger partial charge in [0.2, 0.25) is 0 Å². The van der Waals surface area contributed by atoms with Crippen molar-refractivity contribution in [3.63, 3.8) is 0 Å². The molecule has 0 saturated carbocycles. The van der Waals surface area contributed by atoms with Gasteiger partial charge in [-0.25, -0.2) is 4.98 Å². The molecule has 0 aliphatic rings. The van der Waals surface area contributed by atoms with Gasteiger partial charge in [0, 0.05) is 11.8 Å². The van der Waals surface area contributed by atoms with E-state index in [1.165, 1.54) is 24.4 Å². The monoisotopic (exact) mass is 269 g/mol. The highest BCUT2D eigenvalue weighted by atomic mass is 19.4. The van der Waals surface area contributed by atoms with Gasteiger partial charge in [0.25, 0.3) is 0 Å². The predicted octanol–water partition coefficient (Wildman–Crippen LogP) is 3.13. The summed E-state index contributed by atoms with van der Waals surface area (Å²) in [4.78, 5) is 3.89. The van der Waals surface area contributed by atoms with E-state index < -0.39 is 11.7 Å². The molecule has 7 heteroatoms. The lowest BCUT2D eigenvalue weighted by atomic mass is 10.2. The number of alkyl halides is 3. The van der Waals surface area contributed by atoms with Crippen LogP contribution >= 0.6 is 0 Å². The maximum atomic E-state index is 12.4. The summed E-state index contributed by atoms with van der Waals surface area (Å²) in [7, 11) is 0. The van der Waals surface area contributed by atoms with Crippen LogP contribution in [0.5, 0.6) is 5.75 Å². The van der Waals surface area contributed by atoms with Gasteiger partial charge in [-0.3, -0.25) is 0 Å². The smallest absolute Gasteiger partial charge is 0.416 e. The summed E-state index contributed by atoms with van der Waals surface area (Å²) >= 11 is 0. The highest BCUT2D eigenvalue weighted by Crippen LogP contribution is 2.30. The number of nitrogen functional groups attached to an aromatic ring is 1. The Kier molecular flexibility index (Phi) is 3.20. The molecule has 4 N–H and O–H groups in total. The van der Waals surface area contributed by atoms with Crippen LogP contribution in [-0.4, -0.2) is 10.1 Å². The summed E-state index contributed by atoms with van der Waals surface area (Å²) in [6.45, 7) is 0. The first-order valence-corrected chi connectivity index (χ1v) is 5.25. The Hall–Kier alpha value is -2.44. The molecule has 1 heterocycles. The quantitative estimate of drug-likeness (QED) is 0.783. The molecule has 4 nitrogen and oxygen atoms in total. The molecule has 1 aromatic carbocycles. The predicted molar refractivity (Wildman–Crippen MR) is 65.0 cm³/mol. The maximum absolute atomic E-state index is 12.4. The minimum absolute atomic E-state index is 0.123. The third-order valence-corrected chi connectivity index (χ3v) is 2.40. The maximum Gasteiger partial charge on any atom is 0.416 e. The van der Waals surface area contributed by atoms with E-state index in [9.17, 15) is 18.3 Å². The first kappa shape index (κ1) is 13.0. The van der Waals surface area contributed by atoms with Crippen LogP contribution in [0.25, 0.3) is 0 Å². The van der Waals surface area contributed by atoms with Crippen LogP contribution in [-0.2, 0) is 6.18 Å². The largest absolute Gasteiger partial charge is 0.506 e. The van der Waals surface area contributed by atoms with Crippen molar-refractivity contribution in [1.82, 2.24) is 4.98 Å². The molecular weight excluding hydrogens is 259 g/mol. The second-order valence-corrected chi connectivity index (χ2v) is 3.83. The number of hydrogen-bond acceptors (Lipinski definition) is 4. The molecule has 0 atom stereocenters. The highest BCUT2D eigenvalue weighted by Gasteiger charge is 2.29. The minimum Gasteiger partial charge on any atom is -0.506 e. The molecule has 19 heavy (non-hydrogen) atoms. The molecule has 0 unspecified atom stereocenters. The Morgan fingerprint density at radius 2 is 1.79 bits per heavy atom. The molecule has 0 aliphatic carbocycles. The molecule has 0 spiro atoms. The summed E-state index contributed by atoms with van der Waals surface area (Å²) < 4.78 is 37.1. The van der Waals surface area contributed by atoms with Crippen LogP contribution in [0.2, 0.25) is 0 Å². The van der Waals surface area contributed by atoms with E-state index in [1.54, 1.807) is 0 Å². The van der Waals surface area contributed by atoms with Gasteiger partial charge < -0.3 is 16.2 Å². The van der Waals surface area contributed by atoms with Crippen LogP contribution in [0, 0.1) is 0 Å². The fraction of sp³-hybridized carbons (Fsp3) is 0.0833. The Morgan fingerprint density at radius 3 is 2.32 bits per heavy atom. The summed E-state index contributed by atoms with van der Waals surface area (Å²) in [5.41, 5.74) is 5.20.